The first kappa shape index (κ1) is 16.2. The molecule has 0 amide bonds. The van der Waals surface area contributed by atoms with Crippen LogP contribution >= 0.6 is 0 Å². The summed E-state index contributed by atoms with van der Waals surface area (Å²) in [6, 6.07) is -0.110. The van der Waals surface area contributed by atoms with Crippen LogP contribution in [0.25, 0.3) is 0 Å². The molecule has 0 saturated heterocycles. The van der Waals surface area contributed by atoms with Gasteiger partial charge in [-0.1, -0.05) is 13.8 Å². The zero-order valence-corrected chi connectivity index (χ0v) is 10.3. The van der Waals surface area contributed by atoms with Gasteiger partial charge in [-0.25, -0.2) is 0 Å². The molecule has 0 aromatic heterocycles. The molecule has 0 bridgehead atoms. The summed E-state index contributed by atoms with van der Waals surface area (Å²) in [4.78, 5) is 10.5. The van der Waals surface area contributed by atoms with E-state index in [1.165, 1.54) is 0 Å². The number of aliphatic carboxylic acids is 1. The summed E-state index contributed by atoms with van der Waals surface area (Å²) in [5.41, 5.74) is 0. The Bertz CT molecular complexity index is 241. The van der Waals surface area contributed by atoms with E-state index in [4.69, 9.17) is 5.11 Å². The van der Waals surface area contributed by atoms with Gasteiger partial charge in [0.2, 0.25) is 0 Å². The van der Waals surface area contributed by atoms with Gasteiger partial charge < -0.3 is 10.4 Å². The zero-order chi connectivity index (χ0) is 13.6. The summed E-state index contributed by atoms with van der Waals surface area (Å²) < 4.78 is 36.9. The van der Waals surface area contributed by atoms with Crippen molar-refractivity contribution in [2.75, 3.05) is 6.54 Å². The van der Waals surface area contributed by atoms with Crippen LogP contribution in [0.3, 0.4) is 0 Å². The Kier molecular flexibility index (Phi) is 6.52. The highest BCUT2D eigenvalue weighted by molar-refractivity contribution is 5.71. The smallest absolute Gasteiger partial charge is 0.403 e. The lowest BCUT2D eigenvalue weighted by Gasteiger charge is -2.20. The molecule has 0 aliphatic carbocycles. The Morgan fingerprint density at radius 2 is 1.76 bits per heavy atom. The molecule has 0 aliphatic rings. The van der Waals surface area contributed by atoms with Crippen LogP contribution in [0.5, 0.6) is 0 Å². The van der Waals surface area contributed by atoms with E-state index in [-0.39, 0.29) is 6.04 Å². The van der Waals surface area contributed by atoms with Gasteiger partial charge in [-0.05, 0) is 25.7 Å². The molecule has 0 spiro atoms. The molecular weight excluding hydrogens is 235 g/mol. The first-order valence-corrected chi connectivity index (χ1v) is 5.67. The van der Waals surface area contributed by atoms with Gasteiger partial charge in [-0.2, -0.15) is 13.2 Å². The third kappa shape index (κ3) is 7.20. The van der Waals surface area contributed by atoms with Crippen LogP contribution in [0.2, 0.25) is 0 Å². The maximum Gasteiger partial charge on any atom is 0.403 e. The van der Waals surface area contributed by atoms with E-state index in [1.807, 2.05) is 13.8 Å². The van der Waals surface area contributed by atoms with Crippen molar-refractivity contribution in [3.05, 3.63) is 0 Å². The second-order valence-electron chi connectivity index (χ2n) is 4.71. The molecule has 0 rings (SSSR count). The number of carboxylic acids is 1. The van der Waals surface area contributed by atoms with Crippen molar-refractivity contribution in [3.63, 3.8) is 0 Å². The summed E-state index contributed by atoms with van der Waals surface area (Å²) >= 11 is 0. The highest BCUT2D eigenvalue weighted by Gasteiger charge is 2.44. The molecule has 2 atom stereocenters. The SMILES string of the molecule is CC(C)CCC(C)NCC(C(=O)O)C(F)(F)F. The third-order valence-electron chi connectivity index (χ3n) is 2.54. The van der Waals surface area contributed by atoms with Crippen LogP contribution in [-0.2, 0) is 4.79 Å². The van der Waals surface area contributed by atoms with Gasteiger partial charge in [0.15, 0.2) is 5.92 Å². The molecule has 2 unspecified atom stereocenters. The summed E-state index contributed by atoms with van der Waals surface area (Å²) in [6.07, 6.45) is -3.06. The first-order chi connectivity index (χ1) is 7.64. The predicted molar refractivity (Wildman–Crippen MR) is 58.7 cm³/mol. The van der Waals surface area contributed by atoms with Crippen molar-refractivity contribution in [2.24, 2.45) is 11.8 Å². The van der Waals surface area contributed by atoms with Crippen LogP contribution in [0.4, 0.5) is 13.2 Å². The molecule has 6 heteroatoms. The normalized spacial score (nSPS) is 15.9. The van der Waals surface area contributed by atoms with Gasteiger partial charge in [0.05, 0.1) is 0 Å². The number of nitrogens with one attached hydrogen (secondary N) is 1. The van der Waals surface area contributed by atoms with Crippen molar-refractivity contribution in [2.45, 2.75) is 45.8 Å². The second kappa shape index (κ2) is 6.83. The van der Waals surface area contributed by atoms with E-state index in [2.05, 4.69) is 5.32 Å². The molecule has 0 saturated carbocycles. The van der Waals surface area contributed by atoms with Crippen molar-refractivity contribution >= 4 is 5.97 Å². The van der Waals surface area contributed by atoms with Crippen molar-refractivity contribution < 1.29 is 23.1 Å². The van der Waals surface area contributed by atoms with Crippen molar-refractivity contribution in [1.82, 2.24) is 5.32 Å². The Hall–Kier alpha value is -0.780. The lowest BCUT2D eigenvalue weighted by Crippen LogP contribution is -2.41. The van der Waals surface area contributed by atoms with E-state index in [9.17, 15) is 18.0 Å². The quantitative estimate of drug-likeness (QED) is 0.735. The molecule has 3 nitrogen and oxygen atoms in total. The Labute approximate surface area is 99.4 Å². The van der Waals surface area contributed by atoms with Crippen LogP contribution in [0.1, 0.15) is 33.6 Å². The van der Waals surface area contributed by atoms with E-state index in [1.54, 1.807) is 6.92 Å². The number of rotatable bonds is 7. The highest BCUT2D eigenvalue weighted by atomic mass is 19.4. The number of carbonyl (C=O) groups is 1. The minimum Gasteiger partial charge on any atom is -0.481 e. The number of halogens is 3. The molecule has 102 valence electrons. The van der Waals surface area contributed by atoms with Gasteiger partial charge in [-0.3, -0.25) is 4.79 Å². The molecule has 0 heterocycles. The highest BCUT2D eigenvalue weighted by Crippen LogP contribution is 2.26. The van der Waals surface area contributed by atoms with Gasteiger partial charge in [0, 0.05) is 12.6 Å². The molecule has 17 heavy (non-hydrogen) atoms. The fourth-order valence-corrected chi connectivity index (χ4v) is 1.35. The Morgan fingerprint density at radius 1 is 1.24 bits per heavy atom. The average molecular weight is 255 g/mol. The van der Waals surface area contributed by atoms with Gasteiger partial charge >= 0.3 is 12.1 Å². The Morgan fingerprint density at radius 3 is 2.12 bits per heavy atom. The van der Waals surface area contributed by atoms with E-state index >= 15 is 0 Å². The molecular formula is C11H20F3NO2. The van der Waals surface area contributed by atoms with Crippen LogP contribution in [0, 0.1) is 11.8 Å². The topological polar surface area (TPSA) is 49.3 Å². The van der Waals surface area contributed by atoms with Gasteiger partial charge in [0.25, 0.3) is 0 Å². The van der Waals surface area contributed by atoms with Gasteiger partial charge in [-0.15, -0.1) is 0 Å². The largest absolute Gasteiger partial charge is 0.481 e. The Balaban J connectivity index is 4.10. The summed E-state index contributed by atoms with van der Waals surface area (Å²) in [5, 5.41) is 11.1. The standard InChI is InChI=1S/C11H20F3NO2/c1-7(2)4-5-8(3)15-6-9(10(16)17)11(12,13)14/h7-9,15H,4-6H2,1-3H3,(H,16,17). The van der Waals surface area contributed by atoms with Crippen LogP contribution in [0.15, 0.2) is 0 Å². The minimum atomic E-state index is -4.70. The second-order valence-corrected chi connectivity index (χ2v) is 4.71. The predicted octanol–water partition coefficient (Wildman–Crippen LogP) is 2.66. The number of hydrogen-bond acceptors (Lipinski definition) is 2. The number of carboxylic acid groups (broad SMARTS) is 1. The zero-order valence-electron chi connectivity index (χ0n) is 10.3. The van der Waals surface area contributed by atoms with E-state index in [0.717, 1.165) is 12.8 Å². The lowest BCUT2D eigenvalue weighted by atomic mass is 10.0. The maximum absolute atomic E-state index is 12.3. The summed E-state index contributed by atoms with van der Waals surface area (Å²) in [7, 11) is 0. The third-order valence-corrected chi connectivity index (χ3v) is 2.54. The van der Waals surface area contributed by atoms with E-state index < -0.39 is 24.6 Å². The summed E-state index contributed by atoms with van der Waals surface area (Å²) in [6.45, 7) is 5.25. The van der Waals surface area contributed by atoms with Crippen molar-refractivity contribution in [3.8, 4) is 0 Å². The molecule has 0 aliphatic heterocycles. The monoisotopic (exact) mass is 255 g/mol. The van der Waals surface area contributed by atoms with E-state index in [0.29, 0.717) is 5.92 Å². The molecule has 0 aromatic carbocycles. The lowest BCUT2D eigenvalue weighted by molar-refractivity contribution is -0.192. The molecule has 0 fully saturated rings. The molecule has 0 aromatic rings. The maximum atomic E-state index is 12.3. The number of hydrogen-bond donors (Lipinski definition) is 2. The average Bonchev–Trinajstić information content (AvgIpc) is 2.12. The summed E-state index contributed by atoms with van der Waals surface area (Å²) in [5.74, 6) is -3.68. The van der Waals surface area contributed by atoms with Crippen molar-refractivity contribution in [1.29, 1.82) is 0 Å². The fourth-order valence-electron chi connectivity index (χ4n) is 1.35. The fraction of sp³-hybridized carbons (Fsp3) is 0.909. The number of alkyl halides is 3. The molecule has 2 N–H and O–H groups in total. The van der Waals surface area contributed by atoms with Crippen LogP contribution < -0.4 is 5.32 Å². The van der Waals surface area contributed by atoms with Crippen LogP contribution in [-0.4, -0.2) is 29.8 Å². The minimum absolute atomic E-state index is 0.110. The molecule has 0 radical (unpaired) electrons. The first-order valence-electron chi connectivity index (χ1n) is 5.67. The van der Waals surface area contributed by atoms with Gasteiger partial charge in [0.1, 0.15) is 0 Å².